The van der Waals surface area contributed by atoms with Crippen LogP contribution in [-0.4, -0.2) is 52.9 Å². The van der Waals surface area contributed by atoms with Crippen LogP contribution in [0.15, 0.2) is 22.7 Å². The van der Waals surface area contributed by atoms with Gasteiger partial charge in [0.15, 0.2) is 6.79 Å². The Morgan fingerprint density at radius 3 is 2.56 bits per heavy atom. The van der Waals surface area contributed by atoms with Crippen molar-refractivity contribution in [2.45, 2.75) is 26.6 Å². The Balaban J connectivity index is 1.41. The van der Waals surface area contributed by atoms with Gasteiger partial charge in [-0.1, -0.05) is 5.16 Å². The van der Waals surface area contributed by atoms with Gasteiger partial charge in [0.2, 0.25) is 0 Å². The molecule has 0 atom stereocenters. The number of nitro groups is 1. The third kappa shape index (κ3) is 4.10. The number of aromatic nitrogens is 1. The van der Waals surface area contributed by atoms with Crippen LogP contribution in [0.4, 0.5) is 5.69 Å². The Hall–Kier alpha value is -2.49. The second-order valence-corrected chi connectivity index (χ2v) is 6.94. The fraction of sp³-hybridized carbons (Fsp3) is 0.500. The average molecular weight is 374 g/mol. The molecular formula is C18H22N4O5. The molecule has 4 rings (SSSR count). The second kappa shape index (κ2) is 7.63. The number of fused-ring (bicyclic) bond motifs is 1. The van der Waals surface area contributed by atoms with Crippen molar-refractivity contribution in [3.63, 3.8) is 0 Å². The van der Waals surface area contributed by atoms with Gasteiger partial charge >= 0.3 is 0 Å². The normalized spacial score (nSPS) is 18.1. The first-order valence-corrected chi connectivity index (χ1v) is 8.96. The zero-order valence-corrected chi connectivity index (χ0v) is 15.2. The molecule has 1 aromatic carbocycles. The Morgan fingerprint density at radius 2 is 1.89 bits per heavy atom. The minimum atomic E-state index is -0.365. The molecule has 1 fully saturated rings. The molecule has 9 nitrogen and oxygen atoms in total. The molecule has 0 radical (unpaired) electrons. The fourth-order valence-electron chi connectivity index (χ4n) is 3.57. The van der Waals surface area contributed by atoms with Crippen LogP contribution in [0.2, 0.25) is 0 Å². The number of piperazine rings is 1. The molecular weight excluding hydrogens is 352 g/mol. The van der Waals surface area contributed by atoms with Crippen LogP contribution in [-0.2, 0) is 24.4 Å². The quantitative estimate of drug-likeness (QED) is 0.580. The van der Waals surface area contributed by atoms with Gasteiger partial charge < -0.3 is 14.0 Å². The van der Waals surface area contributed by atoms with E-state index < -0.39 is 0 Å². The van der Waals surface area contributed by atoms with Gasteiger partial charge in [-0.25, -0.2) is 0 Å². The molecule has 1 aromatic heterocycles. The molecule has 0 bridgehead atoms. The lowest BCUT2D eigenvalue weighted by atomic mass is 10.1. The molecule has 27 heavy (non-hydrogen) atoms. The summed E-state index contributed by atoms with van der Waals surface area (Å²) in [6, 6.07) is 5.12. The second-order valence-electron chi connectivity index (χ2n) is 6.94. The highest BCUT2D eigenvalue weighted by Gasteiger charge is 2.24. The Labute approximate surface area is 156 Å². The van der Waals surface area contributed by atoms with Crippen LogP contribution < -0.4 is 4.74 Å². The summed E-state index contributed by atoms with van der Waals surface area (Å²) in [6.07, 6.45) is 0. The number of rotatable bonds is 5. The van der Waals surface area contributed by atoms with Crippen molar-refractivity contribution in [3.05, 3.63) is 50.9 Å². The van der Waals surface area contributed by atoms with Crippen LogP contribution in [0.3, 0.4) is 0 Å². The smallest absolute Gasteiger partial charge is 0.270 e. The van der Waals surface area contributed by atoms with Crippen molar-refractivity contribution in [1.82, 2.24) is 15.0 Å². The molecule has 2 aliphatic rings. The molecule has 0 aliphatic carbocycles. The molecule has 144 valence electrons. The number of hydrogen-bond donors (Lipinski definition) is 0. The van der Waals surface area contributed by atoms with E-state index in [0.29, 0.717) is 13.2 Å². The zero-order chi connectivity index (χ0) is 18.8. The molecule has 2 aliphatic heterocycles. The third-order valence-corrected chi connectivity index (χ3v) is 4.90. The molecule has 0 saturated carbocycles. The Kier molecular flexibility index (Phi) is 5.06. The van der Waals surface area contributed by atoms with Gasteiger partial charge in [-0.2, -0.15) is 0 Å². The summed E-state index contributed by atoms with van der Waals surface area (Å²) in [6.45, 7) is 7.40. The van der Waals surface area contributed by atoms with Gasteiger partial charge in [-0.15, -0.1) is 0 Å². The van der Waals surface area contributed by atoms with Crippen molar-refractivity contribution in [2.75, 3.05) is 33.0 Å². The number of nitrogens with zero attached hydrogens (tertiary/aromatic N) is 4. The van der Waals surface area contributed by atoms with Crippen LogP contribution in [0.5, 0.6) is 5.75 Å². The van der Waals surface area contributed by atoms with Gasteiger partial charge in [0.25, 0.3) is 5.69 Å². The highest BCUT2D eigenvalue weighted by molar-refractivity contribution is 5.50. The van der Waals surface area contributed by atoms with Crippen LogP contribution in [0.1, 0.15) is 22.6 Å². The number of benzene rings is 1. The van der Waals surface area contributed by atoms with E-state index in [-0.39, 0.29) is 17.4 Å². The summed E-state index contributed by atoms with van der Waals surface area (Å²) in [7, 11) is 0. The molecule has 9 heteroatoms. The SMILES string of the molecule is Cc1cc(CN2CCN(Cc3cc([N+](=O)[O-])cc4c3OCOC4)CC2)no1. The summed E-state index contributed by atoms with van der Waals surface area (Å²) in [5, 5.41) is 15.3. The summed E-state index contributed by atoms with van der Waals surface area (Å²) in [5.74, 6) is 1.55. The number of ether oxygens (including phenoxy) is 2. The molecule has 0 spiro atoms. The summed E-state index contributed by atoms with van der Waals surface area (Å²) in [5.41, 5.74) is 2.62. The zero-order valence-electron chi connectivity index (χ0n) is 15.2. The van der Waals surface area contributed by atoms with E-state index in [2.05, 4.69) is 15.0 Å². The lowest BCUT2D eigenvalue weighted by Gasteiger charge is -2.34. The highest BCUT2D eigenvalue weighted by Crippen LogP contribution is 2.33. The minimum Gasteiger partial charge on any atom is -0.467 e. The molecule has 0 unspecified atom stereocenters. The van der Waals surface area contributed by atoms with Crippen LogP contribution >= 0.6 is 0 Å². The van der Waals surface area contributed by atoms with Crippen molar-refractivity contribution in [2.24, 2.45) is 0 Å². The van der Waals surface area contributed by atoms with Gasteiger partial charge in [-0.3, -0.25) is 19.9 Å². The first-order valence-electron chi connectivity index (χ1n) is 8.96. The first-order chi connectivity index (χ1) is 13.1. The maximum atomic E-state index is 11.2. The van der Waals surface area contributed by atoms with Gasteiger partial charge in [-0.05, 0) is 6.92 Å². The van der Waals surface area contributed by atoms with Gasteiger partial charge in [0.1, 0.15) is 11.5 Å². The maximum absolute atomic E-state index is 11.2. The van der Waals surface area contributed by atoms with E-state index in [1.807, 2.05) is 13.0 Å². The molecule has 1 saturated heterocycles. The Bertz CT molecular complexity index is 829. The average Bonchev–Trinajstić information content (AvgIpc) is 3.08. The van der Waals surface area contributed by atoms with Crippen molar-refractivity contribution >= 4 is 5.69 Å². The number of nitro benzene ring substituents is 1. The maximum Gasteiger partial charge on any atom is 0.270 e. The van der Waals surface area contributed by atoms with E-state index in [1.54, 1.807) is 6.07 Å². The van der Waals surface area contributed by atoms with E-state index in [9.17, 15) is 10.1 Å². The van der Waals surface area contributed by atoms with E-state index in [4.69, 9.17) is 14.0 Å². The van der Waals surface area contributed by atoms with Crippen molar-refractivity contribution < 1.29 is 18.9 Å². The van der Waals surface area contributed by atoms with E-state index in [1.165, 1.54) is 6.07 Å². The number of non-ortho nitro benzene ring substituents is 1. The topological polar surface area (TPSA) is 94.1 Å². The summed E-state index contributed by atoms with van der Waals surface area (Å²) >= 11 is 0. The predicted molar refractivity (Wildman–Crippen MR) is 95.2 cm³/mol. The Morgan fingerprint density at radius 1 is 1.15 bits per heavy atom. The molecule has 0 amide bonds. The lowest BCUT2D eigenvalue weighted by molar-refractivity contribution is -0.385. The lowest BCUT2D eigenvalue weighted by Crippen LogP contribution is -2.45. The number of hydrogen-bond acceptors (Lipinski definition) is 8. The standard InChI is InChI=1S/C18H22N4O5/c1-13-6-16(19-27-13)10-21-4-2-20(3-5-21)9-14-7-17(22(23)24)8-15-11-25-12-26-18(14)15/h6-8H,2-5,9-12H2,1H3. The van der Waals surface area contributed by atoms with Crippen LogP contribution in [0.25, 0.3) is 0 Å². The number of aryl methyl sites for hydroxylation is 1. The summed E-state index contributed by atoms with van der Waals surface area (Å²) < 4.78 is 16.0. The molecule has 3 heterocycles. The monoisotopic (exact) mass is 374 g/mol. The largest absolute Gasteiger partial charge is 0.467 e. The van der Waals surface area contributed by atoms with E-state index >= 15 is 0 Å². The van der Waals surface area contributed by atoms with E-state index in [0.717, 1.165) is 61.1 Å². The van der Waals surface area contributed by atoms with Gasteiger partial charge in [0, 0.05) is 68.6 Å². The third-order valence-electron chi connectivity index (χ3n) is 4.90. The minimum absolute atomic E-state index is 0.0814. The van der Waals surface area contributed by atoms with Crippen molar-refractivity contribution in [3.8, 4) is 5.75 Å². The highest BCUT2D eigenvalue weighted by atomic mass is 16.7. The summed E-state index contributed by atoms with van der Waals surface area (Å²) in [4.78, 5) is 15.5. The van der Waals surface area contributed by atoms with Crippen LogP contribution in [0, 0.1) is 17.0 Å². The fourth-order valence-corrected chi connectivity index (χ4v) is 3.57. The van der Waals surface area contributed by atoms with Crippen molar-refractivity contribution in [1.29, 1.82) is 0 Å². The van der Waals surface area contributed by atoms with Gasteiger partial charge in [0.05, 0.1) is 17.2 Å². The molecule has 2 aromatic rings. The first kappa shape index (κ1) is 17.9. The predicted octanol–water partition coefficient (Wildman–Crippen LogP) is 2.08. The molecule has 0 N–H and O–H groups in total.